The quantitative estimate of drug-likeness (QED) is 0.263. The molecule has 1 aromatic heterocycles. The van der Waals surface area contributed by atoms with Crippen LogP contribution in [0.25, 0.3) is 20.2 Å². The lowest BCUT2D eigenvalue weighted by Crippen LogP contribution is -1.81. The third-order valence-corrected chi connectivity index (χ3v) is 6.60. The van der Waals surface area contributed by atoms with E-state index in [9.17, 15) is 0 Å². The smallest absolute Gasteiger partial charge is 0.0900 e. The fourth-order valence-corrected chi connectivity index (χ4v) is 4.83. The average Bonchev–Trinajstić information content (AvgIpc) is 3.13. The molecule has 0 saturated carbocycles. The first kappa shape index (κ1) is 19.4. The topological polar surface area (TPSA) is 24.7 Å². The minimum absolute atomic E-state index is 0.876. The molecule has 0 amide bonds. The van der Waals surface area contributed by atoms with Gasteiger partial charge in [0.25, 0.3) is 0 Å². The molecule has 0 atom stereocenters. The van der Waals surface area contributed by atoms with Crippen molar-refractivity contribution in [2.45, 2.75) is 13.8 Å². The first-order valence-electron chi connectivity index (χ1n) is 10.3. The second kappa shape index (κ2) is 8.29. The minimum atomic E-state index is 0.876. The van der Waals surface area contributed by atoms with Gasteiger partial charge in [0.2, 0.25) is 0 Å². The molecule has 0 aliphatic rings. The van der Waals surface area contributed by atoms with Gasteiger partial charge in [0, 0.05) is 32.6 Å². The summed E-state index contributed by atoms with van der Waals surface area (Å²) in [5.41, 5.74) is 6.53. The van der Waals surface area contributed by atoms with Crippen molar-refractivity contribution in [3.05, 3.63) is 107 Å². The summed E-state index contributed by atoms with van der Waals surface area (Å²) in [6.07, 6.45) is 3.82. The molecule has 0 bridgehead atoms. The Bertz CT molecular complexity index is 1430. The van der Waals surface area contributed by atoms with E-state index in [1.165, 1.54) is 31.3 Å². The van der Waals surface area contributed by atoms with Crippen LogP contribution >= 0.6 is 11.3 Å². The van der Waals surface area contributed by atoms with Crippen LogP contribution < -0.4 is 0 Å². The lowest BCUT2D eigenvalue weighted by atomic mass is 10.0. The summed E-state index contributed by atoms with van der Waals surface area (Å²) in [6.45, 7) is 4.34. The molecule has 0 radical (unpaired) electrons. The van der Waals surface area contributed by atoms with Crippen molar-refractivity contribution in [2.75, 3.05) is 0 Å². The Kier molecular flexibility index (Phi) is 5.19. The first-order chi connectivity index (χ1) is 15.2. The molecular formula is C28H22N2S. The highest BCUT2D eigenvalue weighted by Crippen LogP contribution is 2.41. The number of aliphatic imine (C=N–C) groups is 2. The highest BCUT2D eigenvalue weighted by atomic mass is 32.1. The number of hydrogen-bond donors (Lipinski definition) is 0. The van der Waals surface area contributed by atoms with Crippen molar-refractivity contribution in [1.82, 2.24) is 0 Å². The number of benzene rings is 4. The summed E-state index contributed by atoms with van der Waals surface area (Å²) in [5.74, 6) is 0. The van der Waals surface area contributed by atoms with E-state index < -0.39 is 0 Å². The Labute approximate surface area is 186 Å². The van der Waals surface area contributed by atoms with Gasteiger partial charge in [-0.2, -0.15) is 0 Å². The summed E-state index contributed by atoms with van der Waals surface area (Å²) < 4.78 is 2.54. The van der Waals surface area contributed by atoms with E-state index in [1.54, 1.807) is 0 Å². The van der Waals surface area contributed by atoms with E-state index in [-0.39, 0.29) is 0 Å². The molecule has 0 spiro atoms. The second-order valence-corrected chi connectivity index (χ2v) is 8.79. The van der Waals surface area contributed by atoms with Gasteiger partial charge in [-0.25, -0.2) is 0 Å². The minimum Gasteiger partial charge on any atom is -0.254 e. The maximum absolute atomic E-state index is 4.83. The maximum atomic E-state index is 4.83. The molecule has 0 fully saturated rings. The van der Waals surface area contributed by atoms with Crippen LogP contribution in [0.15, 0.2) is 94.9 Å². The molecule has 0 aliphatic carbocycles. The van der Waals surface area contributed by atoms with E-state index >= 15 is 0 Å². The van der Waals surface area contributed by atoms with Crippen molar-refractivity contribution < 1.29 is 0 Å². The van der Waals surface area contributed by atoms with E-state index in [2.05, 4.69) is 62.4 Å². The molecule has 0 saturated heterocycles. The third-order valence-electron chi connectivity index (χ3n) is 5.49. The zero-order chi connectivity index (χ0) is 21.2. The monoisotopic (exact) mass is 418 g/mol. The van der Waals surface area contributed by atoms with Crippen LogP contribution in [-0.4, -0.2) is 12.4 Å². The van der Waals surface area contributed by atoms with Crippen LogP contribution in [0.3, 0.4) is 0 Å². The molecule has 5 rings (SSSR count). The molecule has 1 heterocycles. The van der Waals surface area contributed by atoms with E-state index in [1.807, 2.05) is 60.2 Å². The summed E-state index contributed by atoms with van der Waals surface area (Å²) in [6, 6.07) is 29.3. The van der Waals surface area contributed by atoms with Gasteiger partial charge in [-0.05, 0) is 60.4 Å². The van der Waals surface area contributed by atoms with Gasteiger partial charge >= 0.3 is 0 Å². The Morgan fingerprint density at radius 2 is 1.06 bits per heavy atom. The predicted octanol–water partition coefficient (Wildman–Crippen LogP) is 8.17. The van der Waals surface area contributed by atoms with Gasteiger partial charge in [0.05, 0.1) is 11.4 Å². The number of thiophene rings is 1. The highest BCUT2D eigenvalue weighted by Gasteiger charge is 2.11. The molecule has 31 heavy (non-hydrogen) atoms. The van der Waals surface area contributed by atoms with Gasteiger partial charge in [-0.1, -0.05) is 60.7 Å². The maximum Gasteiger partial charge on any atom is 0.0900 e. The van der Waals surface area contributed by atoms with Crippen LogP contribution in [0.4, 0.5) is 11.4 Å². The van der Waals surface area contributed by atoms with Crippen LogP contribution in [0.5, 0.6) is 0 Å². The van der Waals surface area contributed by atoms with Crippen LogP contribution in [0, 0.1) is 13.8 Å². The Morgan fingerprint density at radius 1 is 0.581 bits per heavy atom. The lowest BCUT2D eigenvalue weighted by Gasteiger charge is -2.03. The second-order valence-electron chi connectivity index (χ2n) is 7.71. The van der Waals surface area contributed by atoms with Crippen molar-refractivity contribution in [3.8, 4) is 0 Å². The number of fused-ring (bicyclic) bond motifs is 3. The molecule has 0 aliphatic heterocycles. The van der Waals surface area contributed by atoms with Gasteiger partial charge in [0.1, 0.15) is 0 Å². The molecule has 0 unspecified atom stereocenters. The number of aryl methyl sites for hydroxylation is 2. The number of hydrogen-bond acceptors (Lipinski definition) is 3. The van der Waals surface area contributed by atoms with Gasteiger partial charge in [-0.3, -0.25) is 9.98 Å². The van der Waals surface area contributed by atoms with Crippen LogP contribution in [0.2, 0.25) is 0 Å². The van der Waals surface area contributed by atoms with Crippen molar-refractivity contribution >= 4 is 55.3 Å². The molecular weight excluding hydrogens is 396 g/mol. The Hall–Kier alpha value is -3.56. The molecule has 5 aromatic rings. The number of rotatable bonds is 4. The van der Waals surface area contributed by atoms with Gasteiger partial charge in [0.15, 0.2) is 0 Å². The molecule has 4 aromatic carbocycles. The molecule has 3 heteroatoms. The molecule has 0 N–H and O–H groups in total. The lowest BCUT2D eigenvalue weighted by molar-refractivity contribution is 1.37. The summed E-state index contributed by atoms with van der Waals surface area (Å²) in [5, 5.41) is 2.53. The van der Waals surface area contributed by atoms with Crippen molar-refractivity contribution in [1.29, 1.82) is 0 Å². The zero-order valence-corrected chi connectivity index (χ0v) is 18.4. The zero-order valence-electron chi connectivity index (χ0n) is 17.5. The average molecular weight is 419 g/mol. The SMILES string of the molecule is Cc1cc2sc3cc(N=Cc4ccccc4)c(N=Cc4ccccc4)cc3c2cc1C. The van der Waals surface area contributed by atoms with E-state index in [4.69, 9.17) is 9.98 Å². The van der Waals surface area contributed by atoms with Crippen LogP contribution in [-0.2, 0) is 0 Å². The summed E-state index contributed by atoms with van der Waals surface area (Å²) in [4.78, 5) is 9.64. The van der Waals surface area contributed by atoms with Gasteiger partial charge < -0.3 is 0 Å². The summed E-state index contributed by atoms with van der Waals surface area (Å²) >= 11 is 1.82. The van der Waals surface area contributed by atoms with Gasteiger partial charge in [-0.15, -0.1) is 11.3 Å². The largest absolute Gasteiger partial charge is 0.254 e. The molecule has 2 nitrogen and oxygen atoms in total. The fraction of sp³-hybridized carbons (Fsp3) is 0.0714. The molecule has 150 valence electrons. The first-order valence-corrected chi connectivity index (χ1v) is 11.1. The van der Waals surface area contributed by atoms with Crippen molar-refractivity contribution in [3.63, 3.8) is 0 Å². The summed E-state index contributed by atoms with van der Waals surface area (Å²) in [7, 11) is 0. The third kappa shape index (κ3) is 4.05. The Balaban J connectivity index is 1.67. The fourth-order valence-electron chi connectivity index (χ4n) is 3.63. The van der Waals surface area contributed by atoms with Crippen LogP contribution in [0.1, 0.15) is 22.3 Å². The Morgan fingerprint density at radius 3 is 1.68 bits per heavy atom. The van der Waals surface area contributed by atoms with E-state index in [0.29, 0.717) is 0 Å². The normalized spacial score (nSPS) is 11.9. The van der Waals surface area contributed by atoms with Crippen molar-refractivity contribution in [2.24, 2.45) is 9.98 Å². The standard InChI is InChI=1S/C28H22N2S/c1-19-13-23-24-15-25(29-17-21-9-5-3-6-10-21)26(30-18-22-11-7-4-8-12-22)16-28(24)31-27(23)14-20(19)2/h3-18H,1-2H3. The number of nitrogens with zero attached hydrogens (tertiary/aromatic N) is 2. The predicted molar refractivity (Wildman–Crippen MR) is 136 cm³/mol. The highest BCUT2D eigenvalue weighted by molar-refractivity contribution is 7.25. The van der Waals surface area contributed by atoms with E-state index in [0.717, 1.165) is 22.5 Å².